The summed E-state index contributed by atoms with van der Waals surface area (Å²) in [4.78, 5) is 99.0. The number of hydrogen-bond acceptors (Lipinski definition) is 7. The van der Waals surface area contributed by atoms with Crippen LogP contribution in [0.5, 0.6) is 0 Å². The molecule has 2 heterocycles. The van der Waals surface area contributed by atoms with Crippen LogP contribution in [-0.4, -0.2) is 82.1 Å². The van der Waals surface area contributed by atoms with Gasteiger partial charge in [-0.2, -0.15) is 0 Å². The van der Waals surface area contributed by atoms with Crippen molar-refractivity contribution < 1.29 is 33.6 Å². The van der Waals surface area contributed by atoms with E-state index in [9.17, 15) is 33.6 Å². The SMILES string of the molecule is CCCC(CC(=O)[C@@H]1[C@H]2CCC(C)(C)[C@H]2CN1C(=O)[C@@H](NC(=O)N[C@H](CN1C(=O)CC(C)(C)CC1=O)C(C)(C)C)C1CCCCC1)C(=O)C(=O)CC1CC1. The Morgan fingerprint density at radius 3 is 2.07 bits per heavy atom. The van der Waals surface area contributed by atoms with Crippen LogP contribution in [0.15, 0.2) is 0 Å². The van der Waals surface area contributed by atoms with Crippen molar-refractivity contribution in [2.75, 3.05) is 13.1 Å². The third kappa shape index (κ3) is 9.81. The summed E-state index contributed by atoms with van der Waals surface area (Å²) in [5.74, 6) is -2.21. The highest BCUT2D eigenvalue weighted by Gasteiger charge is 2.57. The summed E-state index contributed by atoms with van der Waals surface area (Å²) in [5.41, 5.74) is -1.01. The summed E-state index contributed by atoms with van der Waals surface area (Å²) < 4.78 is 0. The van der Waals surface area contributed by atoms with E-state index in [1.54, 1.807) is 4.90 Å². The molecule has 1 unspecified atom stereocenters. The number of carbonyl (C=O) groups is 7. The van der Waals surface area contributed by atoms with Gasteiger partial charge in [-0.1, -0.05) is 81.1 Å². The van der Waals surface area contributed by atoms with E-state index in [2.05, 4.69) is 24.5 Å². The van der Waals surface area contributed by atoms with Gasteiger partial charge in [-0.15, -0.1) is 0 Å². The van der Waals surface area contributed by atoms with Crippen LogP contribution in [0, 0.1) is 45.8 Å². The first kappa shape index (κ1) is 42.0. The molecule has 0 radical (unpaired) electrons. The number of amides is 5. The van der Waals surface area contributed by atoms with Crippen molar-refractivity contribution in [3.8, 4) is 0 Å². The highest BCUT2D eigenvalue weighted by Crippen LogP contribution is 2.53. The molecule has 5 rings (SSSR count). The van der Waals surface area contributed by atoms with E-state index in [0.717, 1.165) is 57.8 Å². The van der Waals surface area contributed by atoms with Crippen molar-refractivity contribution in [2.45, 2.75) is 170 Å². The average molecular weight is 753 g/mol. The second-order valence-corrected chi connectivity index (χ2v) is 20.2. The molecule has 0 bridgehead atoms. The quantitative estimate of drug-likeness (QED) is 0.145. The third-order valence-corrected chi connectivity index (χ3v) is 13.5. The van der Waals surface area contributed by atoms with E-state index in [1.165, 1.54) is 4.90 Å². The lowest BCUT2D eigenvalue weighted by Gasteiger charge is -2.40. The molecule has 5 amide bonds. The zero-order chi connectivity index (χ0) is 39.7. The summed E-state index contributed by atoms with van der Waals surface area (Å²) in [6.07, 6.45) is 9.97. The number of rotatable bonds is 15. The zero-order valence-corrected chi connectivity index (χ0v) is 34.4. The van der Waals surface area contributed by atoms with Crippen molar-refractivity contribution in [1.82, 2.24) is 20.4 Å². The fourth-order valence-corrected chi connectivity index (χ4v) is 9.91. The third-order valence-electron chi connectivity index (χ3n) is 13.5. The Kier molecular flexibility index (Phi) is 12.9. The zero-order valence-electron chi connectivity index (χ0n) is 34.4. The molecule has 0 aromatic carbocycles. The van der Waals surface area contributed by atoms with Crippen LogP contribution in [0.3, 0.4) is 0 Å². The lowest BCUT2D eigenvalue weighted by atomic mass is 9.78. The van der Waals surface area contributed by atoms with Gasteiger partial charge in [-0.25, -0.2) is 4.79 Å². The molecule has 302 valence electrons. The summed E-state index contributed by atoms with van der Waals surface area (Å²) in [5, 5.41) is 6.11. The van der Waals surface area contributed by atoms with Gasteiger partial charge < -0.3 is 15.5 Å². The molecule has 0 aromatic rings. The number of Topliss-reactive ketones (excluding diaryl/α,β-unsaturated/α-hetero) is 3. The molecule has 0 spiro atoms. The van der Waals surface area contributed by atoms with Gasteiger partial charge in [0.15, 0.2) is 11.6 Å². The maximum absolute atomic E-state index is 15.0. The van der Waals surface area contributed by atoms with Crippen LogP contribution in [-0.2, 0) is 28.8 Å². The van der Waals surface area contributed by atoms with E-state index >= 15 is 0 Å². The van der Waals surface area contributed by atoms with Crippen molar-refractivity contribution in [3.63, 3.8) is 0 Å². The van der Waals surface area contributed by atoms with Crippen molar-refractivity contribution in [2.24, 2.45) is 45.8 Å². The number of ketones is 3. The topological polar surface area (TPSA) is 150 Å². The number of fused-ring (bicyclic) bond motifs is 1. The lowest BCUT2D eigenvalue weighted by Crippen LogP contribution is -2.61. The van der Waals surface area contributed by atoms with Crippen LogP contribution in [0.4, 0.5) is 4.79 Å². The molecule has 54 heavy (non-hydrogen) atoms. The molecular weight excluding hydrogens is 684 g/mol. The molecule has 0 aromatic heterocycles. The minimum Gasteiger partial charge on any atom is -0.333 e. The smallest absolute Gasteiger partial charge is 0.315 e. The second-order valence-electron chi connectivity index (χ2n) is 20.2. The molecule has 2 N–H and O–H groups in total. The molecule has 11 nitrogen and oxygen atoms in total. The Bertz CT molecular complexity index is 1450. The number of likely N-dealkylation sites (tertiary alicyclic amines) is 2. The van der Waals surface area contributed by atoms with Gasteiger partial charge in [0, 0.05) is 44.7 Å². The second kappa shape index (κ2) is 16.5. The summed E-state index contributed by atoms with van der Waals surface area (Å²) >= 11 is 0. The highest BCUT2D eigenvalue weighted by atomic mass is 16.2. The molecule has 11 heteroatoms. The van der Waals surface area contributed by atoms with Gasteiger partial charge in [0.05, 0.1) is 12.1 Å². The normalized spacial score (nSPS) is 27.2. The van der Waals surface area contributed by atoms with Crippen LogP contribution < -0.4 is 10.6 Å². The van der Waals surface area contributed by atoms with Gasteiger partial charge in [0.25, 0.3) is 0 Å². The van der Waals surface area contributed by atoms with Gasteiger partial charge in [0.2, 0.25) is 23.5 Å². The Morgan fingerprint density at radius 2 is 1.50 bits per heavy atom. The Hall–Kier alpha value is -3.11. The molecule has 3 saturated carbocycles. The molecule has 3 aliphatic carbocycles. The molecular formula is C43H68N4O7. The van der Waals surface area contributed by atoms with Crippen LogP contribution >= 0.6 is 0 Å². The van der Waals surface area contributed by atoms with E-state index in [-0.39, 0.29) is 90.6 Å². The lowest BCUT2D eigenvalue weighted by molar-refractivity contribution is -0.153. The maximum Gasteiger partial charge on any atom is 0.315 e. The summed E-state index contributed by atoms with van der Waals surface area (Å²) in [7, 11) is 0. The standard InChI is InChI=1S/C43H68N4O7/c1-9-13-28(38(52)32(49)20-26-16-17-26)21-31(48)37-29-18-19-43(7,8)30(29)24-47(37)39(53)36(27-14-11-10-12-15-27)45-40(54)44-33(41(2,3)4)25-46-34(50)22-42(5,6)23-35(46)51/h26-30,33,36-37H,9-25H2,1-8H3,(H2,44,45,54)/t28?,29-,30-,33+,36-,37-/m0/s1. The fourth-order valence-electron chi connectivity index (χ4n) is 9.91. The van der Waals surface area contributed by atoms with E-state index in [0.29, 0.717) is 19.4 Å². The highest BCUT2D eigenvalue weighted by molar-refractivity contribution is 6.38. The number of urea groups is 1. The van der Waals surface area contributed by atoms with Crippen molar-refractivity contribution in [3.05, 3.63) is 0 Å². The van der Waals surface area contributed by atoms with Gasteiger partial charge >= 0.3 is 6.03 Å². The number of nitrogens with zero attached hydrogens (tertiary/aromatic N) is 2. The number of hydrogen-bond donors (Lipinski definition) is 2. The van der Waals surface area contributed by atoms with E-state index in [1.807, 2.05) is 41.5 Å². The first-order valence-electron chi connectivity index (χ1n) is 21.0. The minimum absolute atomic E-state index is 0.0364. The fraction of sp³-hybridized carbons (Fsp3) is 0.837. The summed E-state index contributed by atoms with van der Waals surface area (Å²) in [6, 6.07) is -2.70. The van der Waals surface area contributed by atoms with Gasteiger partial charge in [-0.3, -0.25) is 33.7 Å². The van der Waals surface area contributed by atoms with Crippen LogP contribution in [0.2, 0.25) is 0 Å². The average Bonchev–Trinajstić information content (AvgIpc) is 3.73. The number of carbonyl (C=O) groups excluding carboxylic acids is 7. The van der Waals surface area contributed by atoms with E-state index < -0.39 is 46.7 Å². The van der Waals surface area contributed by atoms with Crippen molar-refractivity contribution in [1.29, 1.82) is 0 Å². The maximum atomic E-state index is 15.0. The molecule has 2 aliphatic heterocycles. The van der Waals surface area contributed by atoms with Crippen LogP contribution in [0.25, 0.3) is 0 Å². The van der Waals surface area contributed by atoms with Crippen LogP contribution in [0.1, 0.15) is 152 Å². The monoisotopic (exact) mass is 753 g/mol. The first-order valence-corrected chi connectivity index (χ1v) is 21.0. The molecule has 2 saturated heterocycles. The predicted molar refractivity (Wildman–Crippen MR) is 206 cm³/mol. The number of imide groups is 1. The molecule has 5 fully saturated rings. The van der Waals surface area contributed by atoms with Crippen molar-refractivity contribution >= 4 is 41.1 Å². The number of piperidine rings is 1. The minimum atomic E-state index is -0.865. The Balaban J connectivity index is 1.37. The largest absolute Gasteiger partial charge is 0.333 e. The molecule has 6 atom stereocenters. The summed E-state index contributed by atoms with van der Waals surface area (Å²) in [6.45, 7) is 16.4. The molecule has 5 aliphatic rings. The van der Waals surface area contributed by atoms with Gasteiger partial charge in [-0.05, 0) is 84.9 Å². The number of nitrogens with one attached hydrogen (secondary N) is 2. The Morgan fingerprint density at radius 1 is 0.870 bits per heavy atom. The Labute approximate surface area is 323 Å². The predicted octanol–water partition coefficient (Wildman–Crippen LogP) is 6.40. The van der Waals surface area contributed by atoms with E-state index in [4.69, 9.17) is 0 Å². The van der Waals surface area contributed by atoms with Gasteiger partial charge in [0.1, 0.15) is 6.04 Å². The first-order chi connectivity index (χ1) is 25.2.